The summed E-state index contributed by atoms with van der Waals surface area (Å²) in [4.78, 5) is 22.2. The maximum absolute atomic E-state index is 12.0. The third-order valence-corrected chi connectivity index (χ3v) is 3.12. The Hall–Kier alpha value is -1.69. The predicted octanol–water partition coefficient (Wildman–Crippen LogP) is 0.273. The van der Waals surface area contributed by atoms with E-state index in [0.29, 0.717) is 6.54 Å². The molecule has 1 aliphatic heterocycles. The third kappa shape index (κ3) is 4.17. The van der Waals surface area contributed by atoms with Crippen molar-refractivity contribution in [3.8, 4) is 0 Å². The first kappa shape index (κ1) is 13.7. The number of anilines is 1. The molecule has 6 heteroatoms. The van der Waals surface area contributed by atoms with Gasteiger partial charge in [0, 0.05) is 37.9 Å². The SMILES string of the molecule is CCCc1cc(NCC(=O)N2CCNCC2)ncn1. The van der Waals surface area contributed by atoms with E-state index < -0.39 is 0 Å². The number of amides is 1. The van der Waals surface area contributed by atoms with Crippen LogP contribution in [0.4, 0.5) is 5.82 Å². The molecule has 1 aromatic rings. The fourth-order valence-corrected chi connectivity index (χ4v) is 2.08. The minimum atomic E-state index is 0.122. The van der Waals surface area contributed by atoms with E-state index in [4.69, 9.17) is 0 Å². The summed E-state index contributed by atoms with van der Waals surface area (Å²) in [5.41, 5.74) is 1.01. The molecule has 0 atom stereocenters. The van der Waals surface area contributed by atoms with Gasteiger partial charge in [0.1, 0.15) is 12.1 Å². The standard InChI is InChI=1S/C13H21N5O/c1-2-3-11-8-12(17-10-16-11)15-9-13(19)18-6-4-14-5-7-18/h8,10,14H,2-7,9H2,1H3,(H,15,16,17). The van der Waals surface area contributed by atoms with Gasteiger partial charge in [-0.2, -0.15) is 0 Å². The zero-order chi connectivity index (χ0) is 13.5. The second-order valence-electron chi connectivity index (χ2n) is 4.63. The van der Waals surface area contributed by atoms with Gasteiger partial charge < -0.3 is 15.5 Å². The van der Waals surface area contributed by atoms with Crippen LogP contribution in [0.1, 0.15) is 19.0 Å². The molecule has 19 heavy (non-hydrogen) atoms. The minimum Gasteiger partial charge on any atom is -0.361 e. The van der Waals surface area contributed by atoms with Gasteiger partial charge in [-0.1, -0.05) is 13.3 Å². The molecule has 0 bridgehead atoms. The van der Waals surface area contributed by atoms with Gasteiger partial charge in [0.25, 0.3) is 0 Å². The van der Waals surface area contributed by atoms with Crippen molar-refractivity contribution in [2.24, 2.45) is 0 Å². The molecule has 2 N–H and O–H groups in total. The van der Waals surface area contributed by atoms with Crippen LogP contribution in [0, 0.1) is 0 Å². The van der Waals surface area contributed by atoms with E-state index >= 15 is 0 Å². The summed E-state index contributed by atoms with van der Waals surface area (Å²) in [5.74, 6) is 0.846. The Morgan fingerprint density at radius 1 is 1.42 bits per heavy atom. The van der Waals surface area contributed by atoms with Gasteiger partial charge in [0.15, 0.2) is 0 Å². The van der Waals surface area contributed by atoms with Crippen LogP contribution < -0.4 is 10.6 Å². The van der Waals surface area contributed by atoms with Crippen molar-refractivity contribution in [3.63, 3.8) is 0 Å². The van der Waals surface area contributed by atoms with Gasteiger partial charge in [0.2, 0.25) is 5.91 Å². The average molecular weight is 263 g/mol. The minimum absolute atomic E-state index is 0.122. The van der Waals surface area contributed by atoms with Gasteiger partial charge >= 0.3 is 0 Å². The van der Waals surface area contributed by atoms with Crippen LogP contribution in [-0.2, 0) is 11.2 Å². The van der Waals surface area contributed by atoms with Crippen LogP contribution in [-0.4, -0.2) is 53.5 Å². The molecule has 6 nitrogen and oxygen atoms in total. The molecule has 0 aliphatic carbocycles. The number of hydrogen-bond acceptors (Lipinski definition) is 5. The number of rotatable bonds is 5. The maximum atomic E-state index is 12.0. The Morgan fingerprint density at radius 2 is 2.21 bits per heavy atom. The molecule has 0 saturated carbocycles. The van der Waals surface area contributed by atoms with E-state index in [-0.39, 0.29) is 5.91 Å². The Bertz CT molecular complexity index is 417. The van der Waals surface area contributed by atoms with Crippen molar-refractivity contribution < 1.29 is 4.79 Å². The van der Waals surface area contributed by atoms with Crippen LogP contribution in [0.25, 0.3) is 0 Å². The van der Waals surface area contributed by atoms with Crippen molar-refractivity contribution in [2.75, 3.05) is 38.0 Å². The molecule has 2 heterocycles. The summed E-state index contributed by atoms with van der Waals surface area (Å²) in [6.07, 6.45) is 3.53. The highest BCUT2D eigenvalue weighted by Gasteiger charge is 2.15. The van der Waals surface area contributed by atoms with E-state index in [1.807, 2.05) is 11.0 Å². The molecule has 104 valence electrons. The van der Waals surface area contributed by atoms with Crippen LogP contribution in [0.15, 0.2) is 12.4 Å². The Morgan fingerprint density at radius 3 is 2.95 bits per heavy atom. The maximum Gasteiger partial charge on any atom is 0.242 e. The summed E-state index contributed by atoms with van der Waals surface area (Å²) < 4.78 is 0. The van der Waals surface area contributed by atoms with Gasteiger partial charge in [-0.25, -0.2) is 9.97 Å². The lowest BCUT2D eigenvalue weighted by molar-refractivity contribution is -0.129. The third-order valence-electron chi connectivity index (χ3n) is 3.12. The smallest absolute Gasteiger partial charge is 0.242 e. The second kappa shape index (κ2) is 7.04. The number of nitrogens with one attached hydrogen (secondary N) is 2. The van der Waals surface area contributed by atoms with Crippen molar-refractivity contribution in [1.82, 2.24) is 20.2 Å². The summed E-state index contributed by atoms with van der Waals surface area (Å²) in [6.45, 7) is 5.72. The number of piperazine rings is 1. The van der Waals surface area contributed by atoms with Gasteiger partial charge in [-0.05, 0) is 6.42 Å². The number of nitrogens with zero attached hydrogens (tertiary/aromatic N) is 3. The molecule has 1 fully saturated rings. The molecular formula is C13H21N5O. The summed E-state index contributed by atoms with van der Waals surface area (Å²) in [5, 5.41) is 6.31. The van der Waals surface area contributed by atoms with Crippen molar-refractivity contribution in [1.29, 1.82) is 0 Å². The highest BCUT2D eigenvalue weighted by molar-refractivity contribution is 5.80. The van der Waals surface area contributed by atoms with Gasteiger partial charge in [-0.3, -0.25) is 4.79 Å². The molecule has 0 unspecified atom stereocenters. The zero-order valence-corrected chi connectivity index (χ0v) is 11.4. The Kier molecular flexibility index (Phi) is 5.09. The van der Waals surface area contributed by atoms with Crippen molar-refractivity contribution >= 4 is 11.7 Å². The number of hydrogen-bond donors (Lipinski definition) is 2. The molecule has 0 aromatic carbocycles. The lowest BCUT2D eigenvalue weighted by atomic mass is 10.2. The molecule has 1 saturated heterocycles. The summed E-state index contributed by atoms with van der Waals surface area (Å²) >= 11 is 0. The second-order valence-corrected chi connectivity index (χ2v) is 4.63. The summed E-state index contributed by atoms with van der Waals surface area (Å²) in [6, 6.07) is 1.91. The highest BCUT2D eigenvalue weighted by atomic mass is 16.2. The molecule has 1 aromatic heterocycles. The Balaban J connectivity index is 1.83. The molecule has 0 radical (unpaired) electrons. The van der Waals surface area contributed by atoms with E-state index in [1.165, 1.54) is 0 Å². The number of aromatic nitrogens is 2. The summed E-state index contributed by atoms with van der Waals surface area (Å²) in [7, 11) is 0. The van der Waals surface area contributed by atoms with Crippen LogP contribution in [0.3, 0.4) is 0 Å². The van der Waals surface area contributed by atoms with E-state index in [1.54, 1.807) is 6.33 Å². The normalized spacial score (nSPS) is 15.3. The lowest BCUT2D eigenvalue weighted by Crippen LogP contribution is -2.48. The van der Waals surface area contributed by atoms with E-state index in [9.17, 15) is 4.79 Å². The predicted molar refractivity (Wildman–Crippen MR) is 74.0 cm³/mol. The quantitative estimate of drug-likeness (QED) is 0.798. The van der Waals surface area contributed by atoms with Gasteiger partial charge in [0.05, 0.1) is 6.54 Å². The van der Waals surface area contributed by atoms with Crippen molar-refractivity contribution in [3.05, 3.63) is 18.1 Å². The lowest BCUT2D eigenvalue weighted by Gasteiger charge is -2.27. The van der Waals surface area contributed by atoms with Crippen LogP contribution in [0.5, 0.6) is 0 Å². The molecule has 2 rings (SSSR count). The monoisotopic (exact) mass is 263 g/mol. The number of aryl methyl sites for hydroxylation is 1. The van der Waals surface area contributed by atoms with Crippen molar-refractivity contribution in [2.45, 2.75) is 19.8 Å². The van der Waals surface area contributed by atoms with Crippen LogP contribution in [0.2, 0.25) is 0 Å². The topological polar surface area (TPSA) is 70.2 Å². The molecule has 1 amide bonds. The highest BCUT2D eigenvalue weighted by Crippen LogP contribution is 2.06. The van der Waals surface area contributed by atoms with Gasteiger partial charge in [-0.15, -0.1) is 0 Å². The number of carbonyl (C=O) groups is 1. The first-order chi connectivity index (χ1) is 9.29. The first-order valence-corrected chi connectivity index (χ1v) is 6.83. The van der Waals surface area contributed by atoms with Crippen LogP contribution >= 0.6 is 0 Å². The fourth-order valence-electron chi connectivity index (χ4n) is 2.08. The number of carbonyl (C=O) groups excluding carboxylic acids is 1. The zero-order valence-electron chi connectivity index (χ0n) is 11.4. The molecular weight excluding hydrogens is 242 g/mol. The van der Waals surface area contributed by atoms with E-state index in [2.05, 4.69) is 27.5 Å². The Labute approximate surface area is 113 Å². The molecule has 0 spiro atoms. The largest absolute Gasteiger partial charge is 0.361 e. The first-order valence-electron chi connectivity index (χ1n) is 6.83. The average Bonchev–Trinajstić information content (AvgIpc) is 2.46. The molecule has 1 aliphatic rings. The van der Waals surface area contributed by atoms with E-state index in [0.717, 1.165) is 50.5 Å². The fraction of sp³-hybridized carbons (Fsp3) is 0.615.